The molecular weight excluding hydrogens is 488 g/mol. The first kappa shape index (κ1) is 23.8. The Kier molecular flexibility index (Phi) is 7.23. The second-order valence-electron chi connectivity index (χ2n) is 7.29. The third-order valence-electron chi connectivity index (χ3n) is 5.25. The Morgan fingerprint density at radius 1 is 0.971 bits per heavy atom. The molecule has 4 N–H and O–H groups in total. The van der Waals surface area contributed by atoms with Crippen molar-refractivity contribution in [1.29, 1.82) is 0 Å². The Morgan fingerprint density at radius 2 is 1.68 bits per heavy atom. The van der Waals surface area contributed by atoms with Gasteiger partial charge in [-0.3, -0.25) is 19.6 Å². The fourth-order valence-corrected chi connectivity index (χ4v) is 5.44. The normalized spacial score (nSPS) is 11.7. The number of rotatable bonds is 6. The van der Waals surface area contributed by atoms with Gasteiger partial charge in [0, 0.05) is 23.2 Å². The second-order valence-corrected chi connectivity index (χ2v) is 9.53. The molecule has 2 aromatic carbocycles. The molecule has 0 aliphatic rings. The minimum Gasteiger partial charge on any atom is -0.858 e. The van der Waals surface area contributed by atoms with Gasteiger partial charge in [-0.1, -0.05) is 59.8 Å². The maximum absolute atomic E-state index is 13.4. The van der Waals surface area contributed by atoms with E-state index in [1.165, 1.54) is 4.68 Å². The highest BCUT2D eigenvalue weighted by molar-refractivity contribution is 7.99. The van der Waals surface area contributed by atoms with Gasteiger partial charge in [-0.2, -0.15) is 11.3 Å². The van der Waals surface area contributed by atoms with Crippen LogP contribution in [0.3, 0.4) is 0 Å². The lowest BCUT2D eigenvalue weighted by Gasteiger charge is -2.24. The van der Waals surface area contributed by atoms with Crippen molar-refractivity contribution < 1.29 is 5.11 Å². The van der Waals surface area contributed by atoms with Gasteiger partial charge in [0.25, 0.3) is 5.56 Å². The zero-order valence-corrected chi connectivity index (χ0v) is 20.2. The summed E-state index contributed by atoms with van der Waals surface area (Å²) in [5, 5.41) is 20.6. The number of nitrogens with one attached hydrogen (secondary N) is 1. The smallest absolute Gasteiger partial charge is 0.277 e. The van der Waals surface area contributed by atoms with Gasteiger partial charge in [0.05, 0.1) is 16.0 Å². The molecule has 0 radical (unpaired) electrons. The van der Waals surface area contributed by atoms with Gasteiger partial charge in [0.1, 0.15) is 0 Å². The van der Waals surface area contributed by atoms with E-state index in [0.717, 1.165) is 34.0 Å². The van der Waals surface area contributed by atoms with Crippen LogP contribution in [0.5, 0.6) is 5.88 Å². The summed E-state index contributed by atoms with van der Waals surface area (Å²) < 4.78 is 1.41. The van der Waals surface area contributed by atoms with Crippen molar-refractivity contribution in [2.45, 2.75) is 15.8 Å². The standard InChI is InChI=1S/C25H18ClN3O2S2.H3N/c26-20-3-1-2-4-21(20)33-23-24(30)28-29(25(23)31)22(19-11-14-32-15-19)18-7-5-16(6-8-18)17-9-12-27-13-10-17;/h1-15,22,31H,(H,28,30);1H3/p-1. The zero-order chi connectivity index (χ0) is 22.8. The van der Waals surface area contributed by atoms with Gasteiger partial charge in [-0.15, -0.1) is 0 Å². The van der Waals surface area contributed by atoms with Crippen molar-refractivity contribution in [3.8, 4) is 17.0 Å². The predicted octanol–water partition coefficient (Wildman–Crippen LogP) is 5.98. The van der Waals surface area contributed by atoms with Gasteiger partial charge in [0.15, 0.2) is 0 Å². The number of hydrogen-bond acceptors (Lipinski definition) is 6. The van der Waals surface area contributed by atoms with Crippen LogP contribution in [0.1, 0.15) is 17.2 Å². The summed E-state index contributed by atoms with van der Waals surface area (Å²) in [4.78, 5) is 17.6. The number of aromatic amines is 1. The molecular formula is C25H20ClN4O2S2-. The molecule has 1 unspecified atom stereocenters. The molecule has 0 saturated carbocycles. The van der Waals surface area contributed by atoms with Crippen molar-refractivity contribution >= 4 is 34.7 Å². The molecule has 34 heavy (non-hydrogen) atoms. The van der Waals surface area contributed by atoms with Gasteiger partial charge >= 0.3 is 0 Å². The lowest BCUT2D eigenvalue weighted by Crippen LogP contribution is -2.17. The van der Waals surface area contributed by atoms with Gasteiger partial charge in [-0.25, -0.2) is 0 Å². The summed E-state index contributed by atoms with van der Waals surface area (Å²) in [6.07, 6.45) is 3.51. The van der Waals surface area contributed by atoms with Gasteiger partial charge < -0.3 is 11.3 Å². The molecule has 0 bridgehead atoms. The molecule has 0 spiro atoms. The molecule has 6 nitrogen and oxygen atoms in total. The Morgan fingerprint density at radius 3 is 2.35 bits per heavy atom. The van der Waals surface area contributed by atoms with E-state index in [1.54, 1.807) is 35.9 Å². The van der Waals surface area contributed by atoms with E-state index in [1.807, 2.05) is 65.4 Å². The van der Waals surface area contributed by atoms with Crippen LogP contribution in [-0.2, 0) is 0 Å². The third-order valence-corrected chi connectivity index (χ3v) is 7.53. The number of pyridine rings is 1. The van der Waals surface area contributed by atoms with Crippen molar-refractivity contribution in [2.75, 3.05) is 0 Å². The monoisotopic (exact) mass is 507 g/mol. The van der Waals surface area contributed by atoms with E-state index in [2.05, 4.69) is 10.1 Å². The lowest BCUT2D eigenvalue weighted by molar-refractivity contribution is -0.284. The Hall–Kier alpha value is -3.30. The Balaban J connectivity index is 0.00000274. The molecule has 9 heteroatoms. The highest BCUT2D eigenvalue weighted by atomic mass is 35.5. The fraction of sp³-hybridized carbons (Fsp3) is 0.0400. The highest BCUT2D eigenvalue weighted by Crippen LogP contribution is 2.38. The summed E-state index contributed by atoms with van der Waals surface area (Å²) in [7, 11) is 0. The van der Waals surface area contributed by atoms with Crippen LogP contribution in [0.4, 0.5) is 0 Å². The van der Waals surface area contributed by atoms with Gasteiger partial charge in [0.2, 0.25) is 0 Å². The number of thiophene rings is 1. The van der Waals surface area contributed by atoms with E-state index in [0.29, 0.717) is 9.92 Å². The second kappa shape index (κ2) is 10.3. The first-order chi connectivity index (χ1) is 16.1. The zero-order valence-electron chi connectivity index (χ0n) is 17.9. The fourth-order valence-electron chi connectivity index (χ4n) is 3.65. The number of hydrogen-bond donors (Lipinski definition) is 2. The number of aromatic nitrogens is 3. The molecule has 0 aliphatic carbocycles. The molecule has 0 aliphatic heterocycles. The van der Waals surface area contributed by atoms with E-state index >= 15 is 0 Å². The van der Waals surface area contributed by atoms with E-state index < -0.39 is 11.6 Å². The van der Waals surface area contributed by atoms with Crippen molar-refractivity contribution in [1.82, 2.24) is 20.9 Å². The minimum absolute atomic E-state index is 0. The first-order valence-corrected chi connectivity index (χ1v) is 12.2. The third kappa shape index (κ3) is 4.67. The van der Waals surface area contributed by atoms with Crippen LogP contribution in [0.2, 0.25) is 5.02 Å². The van der Waals surface area contributed by atoms with Crippen molar-refractivity contribution in [3.05, 3.63) is 116 Å². The topological polar surface area (TPSA) is 109 Å². The van der Waals surface area contributed by atoms with E-state index in [9.17, 15) is 9.90 Å². The van der Waals surface area contributed by atoms with E-state index in [4.69, 9.17) is 11.6 Å². The summed E-state index contributed by atoms with van der Waals surface area (Å²) in [5.74, 6) is -0.376. The SMILES string of the molecule is N.O=c1[nH]n(C(c2ccc(-c3ccncc3)cc2)c2ccsc2)c([O-])c1Sc1ccccc1Cl. The number of benzene rings is 2. The molecule has 3 aromatic heterocycles. The molecule has 1 atom stereocenters. The summed E-state index contributed by atoms with van der Waals surface area (Å²) in [6, 6.07) is 20.5. The van der Waals surface area contributed by atoms with Crippen molar-refractivity contribution in [3.63, 3.8) is 0 Å². The Bertz CT molecular complexity index is 1430. The summed E-state index contributed by atoms with van der Waals surface area (Å²) in [6.45, 7) is 0. The Labute approximate surface area is 209 Å². The van der Waals surface area contributed by atoms with Gasteiger partial charge in [-0.05, 0) is 63.3 Å². The van der Waals surface area contributed by atoms with E-state index in [-0.39, 0.29) is 16.9 Å². The maximum atomic E-state index is 13.4. The lowest BCUT2D eigenvalue weighted by atomic mass is 9.98. The van der Waals surface area contributed by atoms with Crippen molar-refractivity contribution in [2.24, 2.45) is 0 Å². The van der Waals surface area contributed by atoms with Crippen LogP contribution in [0.15, 0.2) is 104 Å². The van der Waals surface area contributed by atoms with Crippen LogP contribution in [0, 0.1) is 0 Å². The highest BCUT2D eigenvalue weighted by Gasteiger charge is 2.21. The number of halogens is 1. The molecule has 5 rings (SSSR count). The van der Waals surface area contributed by atoms with Crippen LogP contribution in [0.25, 0.3) is 11.1 Å². The van der Waals surface area contributed by atoms with Crippen LogP contribution >= 0.6 is 34.7 Å². The molecule has 3 heterocycles. The first-order valence-electron chi connectivity index (χ1n) is 10.1. The quantitative estimate of drug-likeness (QED) is 0.294. The minimum atomic E-state index is -0.455. The molecule has 5 aromatic rings. The van der Waals surface area contributed by atoms with Crippen LogP contribution in [-0.4, -0.2) is 14.8 Å². The average molecular weight is 508 g/mol. The predicted molar refractivity (Wildman–Crippen MR) is 136 cm³/mol. The number of nitrogens with zero attached hydrogens (tertiary/aromatic N) is 2. The molecule has 172 valence electrons. The maximum Gasteiger partial charge on any atom is 0.277 e. The summed E-state index contributed by atoms with van der Waals surface area (Å²) in [5.41, 5.74) is 3.49. The van der Waals surface area contributed by atoms with Crippen LogP contribution < -0.4 is 16.8 Å². The molecule has 0 saturated heterocycles. The average Bonchev–Trinajstić information content (AvgIpc) is 3.46. The number of H-pyrrole nitrogens is 1. The molecule has 0 amide bonds. The molecule has 0 fully saturated rings. The summed E-state index contributed by atoms with van der Waals surface area (Å²) >= 11 is 8.87. The largest absolute Gasteiger partial charge is 0.858 e.